The Morgan fingerprint density at radius 1 is 1.21 bits per heavy atom. The molecule has 0 saturated carbocycles. The van der Waals surface area contributed by atoms with Crippen LogP contribution in [-0.2, 0) is 0 Å². The van der Waals surface area contributed by atoms with Gasteiger partial charge in [0, 0.05) is 22.0 Å². The van der Waals surface area contributed by atoms with Crippen LogP contribution in [0.1, 0.15) is 60.1 Å². The van der Waals surface area contributed by atoms with Gasteiger partial charge in [0.15, 0.2) is 5.65 Å². The third-order valence-corrected chi connectivity index (χ3v) is 7.47. The first-order valence-electron chi connectivity index (χ1n) is 10.2. The molecule has 2 N–H and O–H groups in total. The number of halogens is 1. The molecule has 29 heavy (non-hydrogen) atoms. The first-order chi connectivity index (χ1) is 13.5. The van der Waals surface area contributed by atoms with Gasteiger partial charge in [-0.1, -0.05) is 13.8 Å². The fourth-order valence-corrected chi connectivity index (χ4v) is 6.15. The quantitative estimate of drug-likeness (QED) is 0.447. The van der Waals surface area contributed by atoms with Crippen molar-refractivity contribution in [1.82, 2.24) is 24.9 Å². The minimum absolute atomic E-state index is 0. The number of pyridine rings is 1. The average molecular weight is 430 g/mol. The Morgan fingerprint density at radius 3 is 2.69 bits per heavy atom. The molecular formula is C22H28ClN5S. The Kier molecular flexibility index (Phi) is 5.44. The van der Waals surface area contributed by atoms with E-state index >= 15 is 0 Å². The highest BCUT2D eigenvalue weighted by Gasteiger charge is 2.26. The molecule has 0 spiro atoms. The van der Waals surface area contributed by atoms with Gasteiger partial charge in [0.25, 0.3) is 0 Å². The summed E-state index contributed by atoms with van der Waals surface area (Å²) in [6.45, 7) is 11.3. The third-order valence-electron chi connectivity index (χ3n) is 6.10. The van der Waals surface area contributed by atoms with Crippen molar-refractivity contribution in [2.45, 2.75) is 52.4 Å². The highest BCUT2D eigenvalue weighted by molar-refractivity contribution is 7.19. The van der Waals surface area contributed by atoms with Crippen molar-refractivity contribution in [3.63, 3.8) is 0 Å². The smallest absolute Gasteiger partial charge is 0.158 e. The highest BCUT2D eigenvalue weighted by atomic mass is 35.5. The molecule has 0 amide bonds. The summed E-state index contributed by atoms with van der Waals surface area (Å²) >= 11 is 1.97. The summed E-state index contributed by atoms with van der Waals surface area (Å²) in [5.74, 6) is 1.15. The Hall–Kier alpha value is -1.89. The van der Waals surface area contributed by atoms with Crippen molar-refractivity contribution < 1.29 is 0 Å². The molecule has 0 atom stereocenters. The lowest BCUT2D eigenvalue weighted by atomic mass is 9.91. The molecule has 4 aromatic rings. The molecule has 1 saturated heterocycles. The Morgan fingerprint density at radius 2 is 1.97 bits per heavy atom. The van der Waals surface area contributed by atoms with E-state index in [1.807, 2.05) is 15.9 Å². The van der Waals surface area contributed by atoms with Crippen LogP contribution in [0.25, 0.3) is 27.1 Å². The topological polar surface area (TPSA) is 58.0 Å². The SMILES string of the molecule is Cc1c(C2CCNCC2)sc2[nH]c(-c3cc(C)c4ncnn4c3)c(C(C)C)c12.Cl. The number of rotatable bonds is 3. The van der Waals surface area contributed by atoms with Crippen molar-refractivity contribution >= 4 is 39.6 Å². The monoisotopic (exact) mass is 429 g/mol. The molecule has 1 aliphatic rings. The molecule has 0 unspecified atom stereocenters. The normalized spacial score (nSPS) is 15.5. The van der Waals surface area contributed by atoms with Crippen molar-refractivity contribution in [2.75, 3.05) is 13.1 Å². The van der Waals surface area contributed by atoms with Crippen molar-refractivity contribution in [2.24, 2.45) is 0 Å². The maximum Gasteiger partial charge on any atom is 0.158 e. The zero-order chi connectivity index (χ0) is 19.4. The molecule has 5 rings (SSSR count). The number of fused-ring (bicyclic) bond motifs is 2. The number of aromatic amines is 1. The van der Waals surface area contributed by atoms with Crippen LogP contribution in [0.4, 0.5) is 0 Å². The average Bonchev–Trinajstić information content (AvgIpc) is 3.37. The summed E-state index contributed by atoms with van der Waals surface area (Å²) < 4.78 is 1.89. The Bertz CT molecular complexity index is 1160. The van der Waals surface area contributed by atoms with E-state index in [0.29, 0.717) is 11.8 Å². The first-order valence-corrected chi connectivity index (χ1v) is 11.0. The van der Waals surface area contributed by atoms with Gasteiger partial charge in [-0.25, -0.2) is 9.50 Å². The van der Waals surface area contributed by atoms with Crippen LogP contribution in [-0.4, -0.2) is 32.7 Å². The number of H-pyrrole nitrogens is 1. The lowest BCUT2D eigenvalue weighted by Gasteiger charge is -2.22. The molecular weight excluding hydrogens is 402 g/mol. The van der Waals surface area contributed by atoms with Gasteiger partial charge in [-0.15, -0.1) is 23.7 Å². The number of hydrogen-bond acceptors (Lipinski definition) is 4. The highest BCUT2D eigenvalue weighted by Crippen LogP contribution is 2.45. The number of aromatic nitrogens is 4. The van der Waals surface area contributed by atoms with Crippen LogP contribution in [0.2, 0.25) is 0 Å². The molecule has 7 heteroatoms. The van der Waals surface area contributed by atoms with E-state index in [1.165, 1.54) is 45.4 Å². The van der Waals surface area contributed by atoms with Crippen LogP contribution in [0.5, 0.6) is 0 Å². The molecule has 154 valence electrons. The van der Waals surface area contributed by atoms with Crippen LogP contribution >= 0.6 is 23.7 Å². The fourth-order valence-electron chi connectivity index (χ4n) is 4.76. The van der Waals surface area contributed by atoms with E-state index in [1.54, 1.807) is 11.2 Å². The van der Waals surface area contributed by atoms with E-state index in [2.05, 4.69) is 60.3 Å². The number of nitrogens with one attached hydrogen (secondary N) is 2. The number of nitrogens with zero attached hydrogens (tertiary/aromatic N) is 3. The molecule has 0 bridgehead atoms. The van der Waals surface area contributed by atoms with E-state index in [4.69, 9.17) is 0 Å². The lowest BCUT2D eigenvalue weighted by molar-refractivity contribution is 0.464. The number of thiophene rings is 1. The van der Waals surface area contributed by atoms with Gasteiger partial charge in [0.1, 0.15) is 11.2 Å². The fraction of sp³-hybridized carbons (Fsp3) is 0.455. The van der Waals surface area contributed by atoms with Gasteiger partial charge < -0.3 is 10.3 Å². The van der Waals surface area contributed by atoms with Crippen LogP contribution < -0.4 is 5.32 Å². The number of aryl methyl sites for hydroxylation is 2. The molecule has 1 aliphatic heterocycles. The number of piperidine rings is 1. The van der Waals surface area contributed by atoms with E-state index in [0.717, 1.165) is 24.3 Å². The molecule has 0 aliphatic carbocycles. The second-order valence-electron chi connectivity index (χ2n) is 8.33. The van der Waals surface area contributed by atoms with Crippen LogP contribution in [0.15, 0.2) is 18.6 Å². The summed E-state index contributed by atoms with van der Waals surface area (Å²) in [6, 6.07) is 2.23. The van der Waals surface area contributed by atoms with Gasteiger partial charge >= 0.3 is 0 Å². The van der Waals surface area contributed by atoms with Crippen LogP contribution in [0.3, 0.4) is 0 Å². The van der Waals surface area contributed by atoms with Crippen LogP contribution in [0, 0.1) is 13.8 Å². The van der Waals surface area contributed by atoms with Gasteiger partial charge in [0.05, 0.1) is 5.69 Å². The molecule has 5 nitrogen and oxygen atoms in total. The van der Waals surface area contributed by atoms with Gasteiger partial charge in [0.2, 0.25) is 0 Å². The lowest BCUT2D eigenvalue weighted by Crippen LogP contribution is -2.26. The predicted octanol–water partition coefficient (Wildman–Crippen LogP) is 5.57. The van der Waals surface area contributed by atoms with Crippen molar-refractivity contribution in [3.05, 3.63) is 40.2 Å². The molecule has 5 heterocycles. The second-order valence-corrected chi connectivity index (χ2v) is 9.38. The summed E-state index contributed by atoms with van der Waals surface area (Å²) in [5, 5.41) is 9.30. The summed E-state index contributed by atoms with van der Waals surface area (Å²) in [7, 11) is 0. The minimum Gasteiger partial charge on any atom is -0.346 e. The zero-order valence-electron chi connectivity index (χ0n) is 17.4. The van der Waals surface area contributed by atoms with Gasteiger partial charge in [-0.3, -0.25) is 0 Å². The van der Waals surface area contributed by atoms with Gasteiger partial charge in [-0.2, -0.15) is 5.10 Å². The maximum atomic E-state index is 4.36. The summed E-state index contributed by atoms with van der Waals surface area (Å²) in [4.78, 5) is 11.0. The molecule has 1 fully saturated rings. The number of hydrogen-bond donors (Lipinski definition) is 2. The van der Waals surface area contributed by atoms with E-state index in [-0.39, 0.29) is 12.4 Å². The van der Waals surface area contributed by atoms with Gasteiger partial charge in [-0.05, 0) is 74.4 Å². The van der Waals surface area contributed by atoms with Crippen molar-refractivity contribution in [3.8, 4) is 11.3 Å². The van der Waals surface area contributed by atoms with Crippen molar-refractivity contribution in [1.29, 1.82) is 0 Å². The van der Waals surface area contributed by atoms with E-state index < -0.39 is 0 Å². The Labute approximate surface area is 181 Å². The Balaban J connectivity index is 0.00000205. The summed E-state index contributed by atoms with van der Waals surface area (Å²) in [6.07, 6.45) is 6.21. The summed E-state index contributed by atoms with van der Waals surface area (Å²) in [5.41, 5.74) is 7.41. The largest absolute Gasteiger partial charge is 0.346 e. The predicted molar refractivity (Wildman–Crippen MR) is 124 cm³/mol. The molecule has 0 aromatic carbocycles. The van der Waals surface area contributed by atoms with E-state index in [9.17, 15) is 0 Å². The third kappa shape index (κ3) is 3.27. The first kappa shape index (κ1) is 20.4. The molecule has 4 aromatic heterocycles. The maximum absolute atomic E-state index is 4.36. The molecule has 0 radical (unpaired) electrons. The second kappa shape index (κ2) is 7.74. The minimum atomic E-state index is 0. The zero-order valence-corrected chi connectivity index (χ0v) is 19.0. The standard InChI is InChI=1S/C22H27N5S.ClH/c1-12(2)17-18-14(4)20(15-5-7-23-8-6-15)28-22(18)26-19(17)16-9-13(3)21-24-11-25-27(21)10-16;/h9-12,15,23,26H,5-8H2,1-4H3;1H.